The molecule has 0 bridgehead atoms. The predicted molar refractivity (Wildman–Crippen MR) is 65.3 cm³/mol. The highest BCUT2D eigenvalue weighted by Crippen LogP contribution is 2.07. The van der Waals surface area contributed by atoms with Crippen LogP contribution in [0.5, 0.6) is 0 Å². The molecule has 0 radical (unpaired) electrons. The van der Waals surface area contributed by atoms with Gasteiger partial charge in [0.15, 0.2) is 6.04 Å². The number of nitrogens with one attached hydrogen (secondary N) is 2. The maximum atomic E-state index is 11.4. The fourth-order valence-corrected chi connectivity index (χ4v) is 1.93. The predicted octanol–water partition coefficient (Wildman–Crippen LogP) is 0.0847. The zero-order chi connectivity index (χ0) is 13.7. The van der Waals surface area contributed by atoms with E-state index in [1.165, 1.54) is 18.3 Å². The van der Waals surface area contributed by atoms with E-state index in [1.807, 2.05) is 12.3 Å². The second-order valence-corrected chi connectivity index (χ2v) is 4.71. The molecule has 2 amide bonds. The van der Waals surface area contributed by atoms with E-state index in [0.29, 0.717) is 0 Å². The summed E-state index contributed by atoms with van der Waals surface area (Å²) in [6, 6.07) is -1.99. The third-order valence-corrected chi connectivity index (χ3v) is 3.07. The SMILES string of the molecule is Cc1csc(CNC(=O)NC(C(=O)O)C(C)O)n1. The quantitative estimate of drug-likeness (QED) is 0.607. The third kappa shape index (κ3) is 4.30. The van der Waals surface area contributed by atoms with Crippen molar-refractivity contribution in [3.05, 3.63) is 16.1 Å². The fraction of sp³-hybridized carbons (Fsp3) is 0.500. The molecule has 18 heavy (non-hydrogen) atoms. The number of carboxylic acids is 1. The Hall–Kier alpha value is -1.67. The number of aliphatic carboxylic acids is 1. The number of carbonyl (C=O) groups excluding carboxylic acids is 1. The van der Waals surface area contributed by atoms with Crippen LogP contribution >= 0.6 is 11.3 Å². The number of amides is 2. The van der Waals surface area contributed by atoms with Gasteiger partial charge >= 0.3 is 12.0 Å². The summed E-state index contributed by atoms with van der Waals surface area (Å²) in [6.45, 7) is 3.35. The molecule has 1 heterocycles. The van der Waals surface area contributed by atoms with Gasteiger partial charge in [0, 0.05) is 11.1 Å². The number of nitrogens with zero attached hydrogens (tertiary/aromatic N) is 1. The summed E-state index contributed by atoms with van der Waals surface area (Å²) in [5.41, 5.74) is 0.865. The average molecular weight is 273 g/mol. The molecule has 7 nitrogen and oxygen atoms in total. The Morgan fingerprint density at radius 2 is 2.22 bits per heavy atom. The lowest BCUT2D eigenvalue weighted by Gasteiger charge is -2.17. The molecule has 8 heteroatoms. The van der Waals surface area contributed by atoms with Crippen LogP contribution in [0.25, 0.3) is 0 Å². The Bertz CT molecular complexity index is 433. The van der Waals surface area contributed by atoms with Crippen molar-refractivity contribution in [3.63, 3.8) is 0 Å². The van der Waals surface area contributed by atoms with Gasteiger partial charge < -0.3 is 20.8 Å². The maximum absolute atomic E-state index is 11.4. The minimum Gasteiger partial charge on any atom is -0.480 e. The Balaban J connectivity index is 2.43. The number of aliphatic hydroxyl groups excluding tert-OH is 1. The molecule has 0 fully saturated rings. The van der Waals surface area contributed by atoms with Crippen LogP contribution in [-0.2, 0) is 11.3 Å². The van der Waals surface area contributed by atoms with E-state index < -0.39 is 24.1 Å². The first-order chi connectivity index (χ1) is 8.40. The van der Waals surface area contributed by atoms with Gasteiger partial charge in [-0.2, -0.15) is 0 Å². The number of urea groups is 1. The van der Waals surface area contributed by atoms with Gasteiger partial charge in [-0.15, -0.1) is 11.3 Å². The zero-order valence-electron chi connectivity index (χ0n) is 10.0. The number of carboxylic acid groups (broad SMARTS) is 1. The molecule has 1 rings (SSSR count). The Morgan fingerprint density at radius 3 is 2.67 bits per heavy atom. The Labute approximate surface area is 108 Å². The molecule has 2 unspecified atom stereocenters. The van der Waals surface area contributed by atoms with Gasteiger partial charge in [0.1, 0.15) is 5.01 Å². The molecule has 1 aromatic rings. The smallest absolute Gasteiger partial charge is 0.328 e. The molecule has 1 aromatic heterocycles. The summed E-state index contributed by atoms with van der Waals surface area (Å²) in [6.07, 6.45) is -1.17. The van der Waals surface area contributed by atoms with Crippen molar-refractivity contribution in [2.45, 2.75) is 32.5 Å². The van der Waals surface area contributed by atoms with Crippen molar-refractivity contribution in [1.82, 2.24) is 15.6 Å². The number of rotatable bonds is 5. The lowest BCUT2D eigenvalue weighted by Crippen LogP contribution is -2.50. The molecule has 0 saturated carbocycles. The van der Waals surface area contributed by atoms with Gasteiger partial charge in [-0.1, -0.05) is 0 Å². The number of thiazole rings is 1. The summed E-state index contributed by atoms with van der Waals surface area (Å²) >= 11 is 1.40. The molecule has 0 aliphatic rings. The van der Waals surface area contributed by atoms with E-state index in [-0.39, 0.29) is 6.54 Å². The normalized spacial score (nSPS) is 13.7. The maximum Gasteiger partial charge on any atom is 0.328 e. The lowest BCUT2D eigenvalue weighted by atomic mass is 10.2. The number of aryl methyl sites for hydroxylation is 1. The van der Waals surface area contributed by atoms with Crippen LogP contribution < -0.4 is 10.6 Å². The largest absolute Gasteiger partial charge is 0.480 e. The lowest BCUT2D eigenvalue weighted by molar-refractivity contribution is -0.141. The zero-order valence-corrected chi connectivity index (χ0v) is 10.8. The van der Waals surface area contributed by atoms with Crippen LogP contribution in [0, 0.1) is 6.92 Å². The first-order valence-corrected chi connectivity index (χ1v) is 6.14. The van der Waals surface area contributed by atoms with E-state index >= 15 is 0 Å². The molecule has 0 aromatic carbocycles. The Morgan fingerprint density at radius 1 is 1.56 bits per heavy atom. The summed E-state index contributed by atoms with van der Waals surface area (Å²) in [7, 11) is 0. The fourth-order valence-electron chi connectivity index (χ4n) is 1.22. The number of hydrogen-bond acceptors (Lipinski definition) is 5. The highest BCUT2D eigenvalue weighted by molar-refractivity contribution is 7.09. The highest BCUT2D eigenvalue weighted by Gasteiger charge is 2.24. The second kappa shape index (κ2) is 6.31. The van der Waals surface area contributed by atoms with Crippen molar-refractivity contribution in [2.24, 2.45) is 0 Å². The Kier molecular flexibility index (Phi) is 5.05. The molecule has 0 spiro atoms. The number of hydrogen-bond donors (Lipinski definition) is 4. The average Bonchev–Trinajstić information content (AvgIpc) is 2.68. The van der Waals surface area contributed by atoms with Crippen molar-refractivity contribution < 1.29 is 19.8 Å². The molecule has 2 atom stereocenters. The van der Waals surface area contributed by atoms with Crippen molar-refractivity contribution >= 4 is 23.3 Å². The number of aromatic nitrogens is 1. The van der Waals surface area contributed by atoms with E-state index in [1.54, 1.807) is 0 Å². The number of aliphatic hydroxyl groups is 1. The monoisotopic (exact) mass is 273 g/mol. The van der Waals surface area contributed by atoms with Gasteiger partial charge in [-0.25, -0.2) is 14.6 Å². The van der Waals surface area contributed by atoms with Gasteiger partial charge in [-0.3, -0.25) is 0 Å². The summed E-state index contributed by atoms with van der Waals surface area (Å²) in [5.74, 6) is -1.29. The van der Waals surface area contributed by atoms with Crippen LogP contribution in [0.2, 0.25) is 0 Å². The van der Waals surface area contributed by atoms with E-state index in [0.717, 1.165) is 10.7 Å². The molecule has 100 valence electrons. The standard InChI is InChI=1S/C10H15N3O4S/c1-5-4-18-7(12-5)3-11-10(17)13-8(6(2)14)9(15)16/h4,6,8,14H,3H2,1-2H3,(H,15,16)(H2,11,13,17). The molecule has 0 aliphatic carbocycles. The highest BCUT2D eigenvalue weighted by atomic mass is 32.1. The summed E-state index contributed by atoms with van der Waals surface area (Å²) in [5, 5.41) is 25.2. The van der Waals surface area contributed by atoms with Crippen molar-refractivity contribution in [2.75, 3.05) is 0 Å². The molecular formula is C10H15N3O4S. The molecule has 0 saturated heterocycles. The minimum atomic E-state index is -1.33. The van der Waals surface area contributed by atoms with Crippen LogP contribution in [0.3, 0.4) is 0 Å². The number of carbonyl (C=O) groups is 2. The van der Waals surface area contributed by atoms with Crippen molar-refractivity contribution in [1.29, 1.82) is 0 Å². The van der Waals surface area contributed by atoms with Gasteiger partial charge in [-0.05, 0) is 13.8 Å². The minimum absolute atomic E-state index is 0.219. The third-order valence-electron chi connectivity index (χ3n) is 2.10. The van der Waals surface area contributed by atoms with Gasteiger partial charge in [0.05, 0.1) is 12.6 Å². The summed E-state index contributed by atoms with van der Waals surface area (Å²) < 4.78 is 0. The second-order valence-electron chi connectivity index (χ2n) is 3.77. The summed E-state index contributed by atoms with van der Waals surface area (Å²) in [4.78, 5) is 26.3. The first kappa shape index (κ1) is 14.4. The molecular weight excluding hydrogens is 258 g/mol. The van der Waals surface area contributed by atoms with Crippen LogP contribution in [-0.4, -0.2) is 39.3 Å². The molecule has 0 aliphatic heterocycles. The van der Waals surface area contributed by atoms with Crippen LogP contribution in [0.1, 0.15) is 17.6 Å². The van der Waals surface area contributed by atoms with E-state index in [2.05, 4.69) is 15.6 Å². The van der Waals surface area contributed by atoms with Gasteiger partial charge in [0.2, 0.25) is 0 Å². The first-order valence-electron chi connectivity index (χ1n) is 5.26. The van der Waals surface area contributed by atoms with E-state index in [9.17, 15) is 14.7 Å². The van der Waals surface area contributed by atoms with E-state index in [4.69, 9.17) is 5.11 Å². The van der Waals surface area contributed by atoms with Crippen molar-refractivity contribution in [3.8, 4) is 0 Å². The van der Waals surface area contributed by atoms with Gasteiger partial charge in [0.25, 0.3) is 0 Å². The van der Waals surface area contributed by atoms with Crippen LogP contribution in [0.15, 0.2) is 5.38 Å². The topological polar surface area (TPSA) is 112 Å². The van der Waals surface area contributed by atoms with Crippen LogP contribution in [0.4, 0.5) is 4.79 Å². The molecule has 4 N–H and O–H groups in total.